The van der Waals surface area contributed by atoms with Crippen LogP contribution in [0.1, 0.15) is 18.5 Å². The van der Waals surface area contributed by atoms with Crippen molar-refractivity contribution in [2.45, 2.75) is 12.8 Å². The number of nitrogens with zero attached hydrogens (tertiary/aromatic N) is 2. The number of likely N-dealkylation sites (N-methyl/N-ethyl adjacent to an activating group) is 1. The summed E-state index contributed by atoms with van der Waals surface area (Å²) in [7, 11) is 1.53. The summed E-state index contributed by atoms with van der Waals surface area (Å²) in [5.41, 5.74) is 0.741. The van der Waals surface area contributed by atoms with Crippen molar-refractivity contribution in [3.05, 3.63) is 30.1 Å². The van der Waals surface area contributed by atoms with Crippen molar-refractivity contribution in [3.63, 3.8) is 0 Å². The van der Waals surface area contributed by atoms with Gasteiger partial charge < -0.3 is 0 Å². The van der Waals surface area contributed by atoms with Crippen molar-refractivity contribution < 1.29 is 4.79 Å². The molecule has 0 aliphatic heterocycles. The SMILES string of the molecule is CC(C(=O)N(C)N)c1ccccn1. The van der Waals surface area contributed by atoms with Crippen molar-refractivity contribution >= 4 is 5.91 Å². The van der Waals surface area contributed by atoms with Crippen LogP contribution in [0.15, 0.2) is 24.4 Å². The van der Waals surface area contributed by atoms with Gasteiger partial charge in [0.25, 0.3) is 0 Å². The highest BCUT2D eigenvalue weighted by Gasteiger charge is 2.17. The van der Waals surface area contributed by atoms with Crippen molar-refractivity contribution in [1.82, 2.24) is 9.99 Å². The minimum absolute atomic E-state index is 0.140. The minimum Gasteiger partial charge on any atom is -0.283 e. The molecule has 1 unspecified atom stereocenters. The molecular weight excluding hydrogens is 166 g/mol. The molecular formula is C9H13N3O. The first kappa shape index (κ1) is 9.67. The molecule has 4 nitrogen and oxygen atoms in total. The number of hydrogen-bond acceptors (Lipinski definition) is 3. The lowest BCUT2D eigenvalue weighted by atomic mass is 10.1. The Kier molecular flexibility index (Phi) is 2.97. The Morgan fingerprint density at radius 2 is 2.31 bits per heavy atom. The van der Waals surface area contributed by atoms with Crippen LogP contribution in [0.4, 0.5) is 0 Å². The van der Waals surface area contributed by atoms with Crippen LogP contribution >= 0.6 is 0 Å². The van der Waals surface area contributed by atoms with Gasteiger partial charge in [-0.25, -0.2) is 5.84 Å². The first-order valence-corrected chi connectivity index (χ1v) is 4.06. The molecule has 0 bridgehead atoms. The lowest BCUT2D eigenvalue weighted by Crippen LogP contribution is -2.36. The first-order valence-electron chi connectivity index (χ1n) is 4.06. The molecule has 4 heteroatoms. The molecule has 0 saturated heterocycles. The second-order valence-corrected chi connectivity index (χ2v) is 2.93. The maximum atomic E-state index is 11.4. The zero-order chi connectivity index (χ0) is 9.84. The minimum atomic E-state index is -0.281. The van der Waals surface area contributed by atoms with Gasteiger partial charge in [0.15, 0.2) is 0 Å². The van der Waals surface area contributed by atoms with Gasteiger partial charge >= 0.3 is 0 Å². The van der Waals surface area contributed by atoms with E-state index in [0.717, 1.165) is 10.7 Å². The molecule has 1 heterocycles. The number of aromatic nitrogens is 1. The molecule has 13 heavy (non-hydrogen) atoms. The number of rotatable bonds is 2. The second kappa shape index (κ2) is 4.00. The maximum absolute atomic E-state index is 11.4. The Hall–Kier alpha value is -1.42. The molecule has 1 rings (SSSR count). The van der Waals surface area contributed by atoms with E-state index in [1.54, 1.807) is 13.1 Å². The van der Waals surface area contributed by atoms with Gasteiger partial charge in [-0.2, -0.15) is 0 Å². The fourth-order valence-electron chi connectivity index (χ4n) is 1.06. The van der Waals surface area contributed by atoms with Crippen LogP contribution < -0.4 is 5.84 Å². The van der Waals surface area contributed by atoms with Gasteiger partial charge in [-0.05, 0) is 19.1 Å². The highest BCUT2D eigenvalue weighted by Crippen LogP contribution is 2.12. The van der Waals surface area contributed by atoms with E-state index in [4.69, 9.17) is 5.84 Å². The monoisotopic (exact) mass is 179 g/mol. The van der Waals surface area contributed by atoms with Crippen LogP contribution in [0.25, 0.3) is 0 Å². The molecule has 1 atom stereocenters. The van der Waals surface area contributed by atoms with E-state index in [0.29, 0.717) is 0 Å². The average molecular weight is 179 g/mol. The fourth-order valence-corrected chi connectivity index (χ4v) is 1.06. The Morgan fingerprint density at radius 3 is 2.77 bits per heavy atom. The van der Waals surface area contributed by atoms with E-state index in [-0.39, 0.29) is 11.8 Å². The topological polar surface area (TPSA) is 59.2 Å². The van der Waals surface area contributed by atoms with Crippen LogP contribution in [0.5, 0.6) is 0 Å². The van der Waals surface area contributed by atoms with Crippen molar-refractivity contribution in [2.75, 3.05) is 7.05 Å². The zero-order valence-corrected chi connectivity index (χ0v) is 7.77. The second-order valence-electron chi connectivity index (χ2n) is 2.93. The van der Waals surface area contributed by atoms with Gasteiger partial charge in [-0.15, -0.1) is 0 Å². The molecule has 0 fully saturated rings. The molecule has 0 radical (unpaired) electrons. The molecule has 0 aliphatic carbocycles. The normalized spacial score (nSPS) is 12.2. The van der Waals surface area contributed by atoms with Crippen molar-refractivity contribution in [3.8, 4) is 0 Å². The molecule has 1 aromatic rings. The standard InChI is InChI=1S/C9H13N3O/c1-7(9(13)12(2)10)8-5-3-4-6-11-8/h3-7H,10H2,1-2H3. The Morgan fingerprint density at radius 1 is 1.62 bits per heavy atom. The van der Waals surface area contributed by atoms with Gasteiger partial charge in [-0.1, -0.05) is 6.07 Å². The molecule has 2 N–H and O–H groups in total. The highest BCUT2D eigenvalue weighted by molar-refractivity contribution is 5.81. The summed E-state index contributed by atoms with van der Waals surface area (Å²) in [5.74, 6) is 4.91. The average Bonchev–Trinajstić information content (AvgIpc) is 2.17. The van der Waals surface area contributed by atoms with Crippen LogP contribution in [-0.4, -0.2) is 22.9 Å². The summed E-state index contributed by atoms with van der Waals surface area (Å²) in [5, 5.41) is 1.08. The molecule has 0 spiro atoms. The third-order valence-corrected chi connectivity index (χ3v) is 1.85. The zero-order valence-electron chi connectivity index (χ0n) is 7.77. The number of pyridine rings is 1. The van der Waals surface area contributed by atoms with Crippen LogP contribution in [0.3, 0.4) is 0 Å². The lowest BCUT2D eigenvalue weighted by Gasteiger charge is -2.15. The van der Waals surface area contributed by atoms with Crippen LogP contribution in [0, 0.1) is 0 Å². The van der Waals surface area contributed by atoms with E-state index in [2.05, 4.69) is 4.98 Å². The van der Waals surface area contributed by atoms with E-state index >= 15 is 0 Å². The quantitative estimate of drug-likeness (QED) is 0.409. The van der Waals surface area contributed by atoms with Crippen molar-refractivity contribution in [1.29, 1.82) is 0 Å². The summed E-state index contributed by atoms with van der Waals surface area (Å²) < 4.78 is 0. The molecule has 0 aromatic carbocycles. The molecule has 0 aliphatic rings. The molecule has 70 valence electrons. The summed E-state index contributed by atoms with van der Waals surface area (Å²) in [6, 6.07) is 5.47. The summed E-state index contributed by atoms with van der Waals surface area (Å²) in [4.78, 5) is 15.5. The van der Waals surface area contributed by atoms with E-state index < -0.39 is 0 Å². The van der Waals surface area contributed by atoms with E-state index in [1.807, 2.05) is 18.2 Å². The van der Waals surface area contributed by atoms with Crippen LogP contribution in [0.2, 0.25) is 0 Å². The van der Waals surface area contributed by atoms with Crippen LogP contribution in [-0.2, 0) is 4.79 Å². The number of nitrogens with two attached hydrogens (primary N) is 1. The van der Waals surface area contributed by atoms with Gasteiger partial charge in [0.1, 0.15) is 0 Å². The van der Waals surface area contributed by atoms with E-state index in [9.17, 15) is 4.79 Å². The van der Waals surface area contributed by atoms with Gasteiger partial charge in [0.05, 0.1) is 11.6 Å². The number of amides is 1. The van der Waals surface area contributed by atoms with Crippen molar-refractivity contribution in [2.24, 2.45) is 5.84 Å². The number of carbonyl (C=O) groups is 1. The summed E-state index contributed by atoms with van der Waals surface area (Å²) in [6.07, 6.45) is 1.66. The smallest absolute Gasteiger partial charge is 0.245 e. The number of hydrazine groups is 1. The summed E-state index contributed by atoms with van der Waals surface area (Å²) in [6.45, 7) is 1.79. The predicted molar refractivity (Wildman–Crippen MR) is 49.6 cm³/mol. The Balaban J connectivity index is 2.80. The molecule has 1 aromatic heterocycles. The first-order chi connectivity index (χ1) is 6.13. The fraction of sp³-hybridized carbons (Fsp3) is 0.333. The third-order valence-electron chi connectivity index (χ3n) is 1.85. The third kappa shape index (κ3) is 2.26. The highest BCUT2D eigenvalue weighted by atomic mass is 16.2. The van der Waals surface area contributed by atoms with Gasteiger partial charge in [0, 0.05) is 13.2 Å². The Labute approximate surface area is 77.3 Å². The lowest BCUT2D eigenvalue weighted by molar-refractivity contribution is -0.131. The van der Waals surface area contributed by atoms with Gasteiger partial charge in [0.2, 0.25) is 5.91 Å². The molecule has 1 amide bonds. The summed E-state index contributed by atoms with van der Waals surface area (Å²) >= 11 is 0. The Bertz CT molecular complexity index is 284. The maximum Gasteiger partial charge on any atom is 0.245 e. The predicted octanol–water partition coefficient (Wildman–Crippen LogP) is 0.517. The number of hydrogen-bond donors (Lipinski definition) is 1. The van der Waals surface area contributed by atoms with Gasteiger partial charge in [-0.3, -0.25) is 14.8 Å². The number of carbonyl (C=O) groups excluding carboxylic acids is 1. The largest absolute Gasteiger partial charge is 0.283 e. The van der Waals surface area contributed by atoms with E-state index in [1.165, 1.54) is 7.05 Å². The molecule has 0 saturated carbocycles.